The summed E-state index contributed by atoms with van der Waals surface area (Å²) in [4.78, 5) is 13.2. The Bertz CT molecular complexity index is 387. The van der Waals surface area contributed by atoms with Gasteiger partial charge >= 0.3 is 6.03 Å². The second-order valence-electron chi connectivity index (χ2n) is 4.18. The van der Waals surface area contributed by atoms with E-state index in [1.807, 2.05) is 26.8 Å². The normalized spacial score (nSPS) is 12.3. The number of hydrogen-bond acceptors (Lipinski definition) is 3. The number of likely N-dealkylation sites (N-methyl/N-ethyl adjacent to an activating group) is 1. The highest BCUT2D eigenvalue weighted by Gasteiger charge is 2.16. The van der Waals surface area contributed by atoms with Crippen LogP contribution in [0.15, 0.2) is 10.5 Å². The van der Waals surface area contributed by atoms with Gasteiger partial charge in [-0.2, -0.15) is 0 Å². The summed E-state index contributed by atoms with van der Waals surface area (Å²) in [5, 5.41) is 11.6. The fourth-order valence-corrected chi connectivity index (χ4v) is 1.71. The van der Waals surface area contributed by atoms with Crippen LogP contribution >= 0.6 is 0 Å². The van der Waals surface area contributed by atoms with E-state index < -0.39 is 0 Å². The van der Waals surface area contributed by atoms with E-state index in [9.17, 15) is 4.79 Å². The minimum absolute atomic E-state index is 0.0395. The number of rotatable bonds is 4. The molecule has 0 radical (unpaired) electrons. The molecule has 2 amide bonds. The van der Waals surface area contributed by atoms with Crippen LogP contribution in [-0.4, -0.2) is 36.2 Å². The lowest BCUT2D eigenvalue weighted by Gasteiger charge is -2.20. The summed E-state index contributed by atoms with van der Waals surface area (Å²) in [7, 11) is 1.64. The molecule has 0 bridgehead atoms. The molecule has 96 valence electrons. The van der Waals surface area contributed by atoms with Crippen molar-refractivity contribution in [2.75, 3.05) is 20.2 Å². The number of furan rings is 1. The molecule has 0 aliphatic rings. The summed E-state index contributed by atoms with van der Waals surface area (Å²) in [6.45, 7) is 5.94. The largest absolute Gasteiger partial charge is 0.466 e. The molecule has 1 heterocycles. The molecule has 0 aliphatic carbocycles. The maximum atomic E-state index is 11.7. The van der Waals surface area contributed by atoms with Gasteiger partial charge in [-0.25, -0.2) is 4.79 Å². The van der Waals surface area contributed by atoms with Gasteiger partial charge in [0.2, 0.25) is 0 Å². The van der Waals surface area contributed by atoms with Gasteiger partial charge in [0.05, 0.1) is 12.6 Å². The lowest BCUT2D eigenvalue weighted by atomic mass is 10.1. The third kappa shape index (κ3) is 3.49. The number of carbonyl (C=O) groups is 1. The number of aliphatic hydroxyl groups excluding tert-OH is 1. The van der Waals surface area contributed by atoms with Crippen LogP contribution in [0.2, 0.25) is 0 Å². The number of urea groups is 1. The Morgan fingerprint density at radius 3 is 2.71 bits per heavy atom. The number of carbonyl (C=O) groups excluding carboxylic acids is 1. The van der Waals surface area contributed by atoms with Crippen LogP contribution in [0.1, 0.15) is 30.0 Å². The number of amides is 2. The number of aryl methyl sites for hydroxylation is 2. The van der Waals surface area contributed by atoms with Gasteiger partial charge in [-0.1, -0.05) is 0 Å². The number of hydrogen-bond donors (Lipinski definition) is 2. The Morgan fingerprint density at radius 1 is 1.59 bits per heavy atom. The molecule has 0 saturated heterocycles. The molecule has 0 spiro atoms. The van der Waals surface area contributed by atoms with Crippen molar-refractivity contribution in [1.29, 1.82) is 0 Å². The lowest BCUT2D eigenvalue weighted by Crippen LogP contribution is -2.39. The van der Waals surface area contributed by atoms with E-state index in [0.29, 0.717) is 6.54 Å². The summed E-state index contributed by atoms with van der Waals surface area (Å²) in [5.74, 6) is 1.66. The van der Waals surface area contributed by atoms with Crippen molar-refractivity contribution in [3.8, 4) is 0 Å². The van der Waals surface area contributed by atoms with Crippen LogP contribution in [0.5, 0.6) is 0 Å². The van der Waals surface area contributed by atoms with Crippen molar-refractivity contribution in [3.05, 3.63) is 23.2 Å². The average Bonchev–Trinajstić information content (AvgIpc) is 2.58. The van der Waals surface area contributed by atoms with Crippen LogP contribution in [-0.2, 0) is 0 Å². The maximum absolute atomic E-state index is 11.7. The molecular weight excluding hydrogens is 220 g/mol. The number of aliphatic hydroxyl groups is 1. The van der Waals surface area contributed by atoms with Crippen molar-refractivity contribution in [1.82, 2.24) is 10.2 Å². The molecule has 5 heteroatoms. The Labute approximate surface area is 101 Å². The Balaban J connectivity index is 2.63. The van der Waals surface area contributed by atoms with E-state index in [4.69, 9.17) is 9.52 Å². The molecule has 0 fully saturated rings. The van der Waals surface area contributed by atoms with E-state index in [0.717, 1.165) is 17.1 Å². The van der Waals surface area contributed by atoms with Crippen molar-refractivity contribution in [2.24, 2.45) is 0 Å². The zero-order valence-electron chi connectivity index (χ0n) is 10.8. The molecule has 0 aliphatic heterocycles. The van der Waals surface area contributed by atoms with Gasteiger partial charge in [-0.15, -0.1) is 0 Å². The standard InChI is InChI=1S/C12H20N2O3/c1-8-7-11(10(3)17-8)9(2)13-12(16)14(4)5-6-15/h7,9,15H,5-6H2,1-4H3,(H,13,16). The zero-order valence-corrected chi connectivity index (χ0v) is 10.8. The second kappa shape index (κ2) is 5.72. The SMILES string of the molecule is Cc1cc(C(C)NC(=O)N(C)CCO)c(C)o1. The van der Waals surface area contributed by atoms with Gasteiger partial charge in [0.1, 0.15) is 11.5 Å². The highest BCUT2D eigenvalue weighted by Crippen LogP contribution is 2.21. The first-order valence-electron chi connectivity index (χ1n) is 5.65. The predicted molar refractivity (Wildman–Crippen MR) is 64.8 cm³/mol. The van der Waals surface area contributed by atoms with Gasteiger partial charge < -0.3 is 19.7 Å². The molecule has 0 saturated carbocycles. The first-order chi connectivity index (χ1) is 7.95. The minimum atomic E-state index is -0.204. The molecule has 1 aromatic heterocycles. The molecule has 1 rings (SSSR count). The fourth-order valence-electron chi connectivity index (χ4n) is 1.71. The van der Waals surface area contributed by atoms with Crippen LogP contribution in [0.4, 0.5) is 4.79 Å². The average molecular weight is 240 g/mol. The highest BCUT2D eigenvalue weighted by molar-refractivity contribution is 5.74. The van der Waals surface area contributed by atoms with E-state index in [1.54, 1.807) is 7.05 Å². The monoisotopic (exact) mass is 240 g/mol. The molecule has 2 N–H and O–H groups in total. The van der Waals surface area contributed by atoms with Crippen molar-refractivity contribution >= 4 is 6.03 Å². The highest BCUT2D eigenvalue weighted by atomic mass is 16.3. The van der Waals surface area contributed by atoms with Gasteiger partial charge in [-0.05, 0) is 26.8 Å². The molecule has 1 atom stereocenters. The van der Waals surface area contributed by atoms with Crippen molar-refractivity contribution in [2.45, 2.75) is 26.8 Å². The molecule has 1 aromatic rings. The summed E-state index contributed by atoms with van der Waals surface area (Å²) < 4.78 is 5.42. The quantitative estimate of drug-likeness (QED) is 0.840. The topological polar surface area (TPSA) is 65.7 Å². The summed E-state index contributed by atoms with van der Waals surface area (Å²) >= 11 is 0. The van der Waals surface area contributed by atoms with Gasteiger partial charge in [0.15, 0.2) is 0 Å². The Kier molecular flexibility index (Phi) is 4.57. The maximum Gasteiger partial charge on any atom is 0.317 e. The van der Waals surface area contributed by atoms with Crippen LogP contribution < -0.4 is 5.32 Å². The molecule has 5 nitrogen and oxygen atoms in total. The molecule has 1 unspecified atom stereocenters. The lowest BCUT2D eigenvalue weighted by molar-refractivity contribution is 0.188. The van der Waals surface area contributed by atoms with Gasteiger partial charge in [-0.3, -0.25) is 0 Å². The first kappa shape index (κ1) is 13.6. The summed E-state index contributed by atoms with van der Waals surface area (Å²) in [6, 6.07) is 1.61. The third-order valence-corrected chi connectivity index (χ3v) is 2.67. The minimum Gasteiger partial charge on any atom is -0.466 e. The smallest absolute Gasteiger partial charge is 0.317 e. The van der Waals surface area contributed by atoms with E-state index in [2.05, 4.69) is 5.32 Å². The molecule has 17 heavy (non-hydrogen) atoms. The Morgan fingerprint density at radius 2 is 2.24 bits per heavy atom. The first-order valence-corrected chi connectivity index (χ1v) is 5.65. The third-order valence-electron chi connectivity index (χ3n) is 2.67. The predicted octanol–water partition coefficient (Wildman–Crippen LogP) is 1.59. The molecular formula is C12H20N2O3. The molecule has 0 aromatic carbocycles. The van der Waals surface area contributed by atoms with Crippen LogP contribution in [0.3, 0.4) is 0 Å². The number of nitrogens with zero attached hydrogens (tertiary/aromatic N) is 1. The van der Waals surface area contributed by atoms with E-state index in [-0.39, 0.29) is 18.7 Å². The summed E-state index contributed by atoms with van der Waals surface area (Å²) in [5.41, 5.74) is 0.980. The van der Waals surface area contributed by atoms with Gasteiger partial charge in [0.25, 0.3) is 0 Å². The van der Waals surface area contributed by atoms with Crippen LogP contribution in [0, 0.1) is 13.8 Å². The van der Waals surface area contributed by atoms with Gasteiger partial charge in [0, 0.05) is 19.2 Å². The van der Waals surface area contributed by atoms with E-state index >= 15 is 0 Å². The fraction of sp³-hybridized carbons (Fsp3) is 0.583. The zero-order chi connectivity index (χ0) is 13.0. The number of nitrogens with one attached hydrogen (secondary N) is 1. The van der Waals surface area contributed by atoms with Crippen LogP contribution in [0.25, 0.3) is 0 Å². The summed E-state index contributed by atoms with van der Waals surface area (Å²) in [6.07, 6.45) is 0. The second-order valence-corrected chi connectivity index (χ2v) is 4.18. The Hall–Kier alpha value is -1.49. The van der Waals surface area contributed by atoms with E-state index in [1.165, 1.54) is 4.90 Å². The van der Waals surface area contributed by atoms with Crippen molar-refractivity contribution in [3.63, 3.8) is 0 Å². The van der Waals surface area contributed by atoms with Crippen molar-refractivity contribution < 1.29 is 14.3 Å².